The van der Waals surface area contributed by atoms with E-state index in [1.807, 2.05) is 43.3 Å². The summed E-state index contributed by atoms with van der Waals surface area (Å²) in [5.41, 5.74) is 2.87. The van der Waals surface area contributed by atoms with Gasteiger partial charge in [0, 0.05) is 13.1 Å². The van der Waals surface area contributed by atoms with Gasteiger partial charge in [-0.1, -0.05) is 55.8 Å². The number of rotatable bonds is 6. The molecule has 0 N–H and O–H groups in total. The Morgan fingerprint density at radius 3 is 2.38 bits per heavy atom. The smallest absolute Gasteiger partial charge is 0.290 e. The van der Waals surface area contributed by atoms with Crippen molar-refractivity contribution in [3.8, 4) is 0 Å². The van der Waals surface area contributed by atoms with Gasteiger partial charge < -0.3 is 14.2 Å². The molecule has 1 aliphatic rings. The van der Waals surface area contributed by atoms with Crippen molar-refractivity contribution < 1.29 is 9.21 Å². The van der Waals surface area contributed by atoms with Crippen LogP contribution in [0.5, 0.6) is 0 Å². The highest BCUT2D eigenvalue weighted by Gasteiger charge is 2.42. The Morgan fingerprint density at radius 1 is 1.00 bits per heavy atom. The third-order valence-corrected chi connectivity index (χ3v) is 5.82. The third kappa shape index (κ3) is 3.36. The molecule has 0 radical (unpaired) electrons. The number of carbonyl (C=O) groups excluding carboxylic acids is 1. The molecule has 0 aliphatic carbocycles. The van der Waals surface area contributed by atoms with Gasteiger partial charge in [-0.25, -0.2) is 0 Å². The fraction of sp³-hybridized carbons (Fsp3) is 0.333. The van der Waals surface area contributed by atoms with Gasteiger partial charge in [-0.3, -0.25) is 9.59 Å². The maximum atomic E-state index is 13.4. The minimum atomic E-state index is -0.422. The van der Waals surface area contributed by atoms with Gasteiger partial charge in [0.05, 0.1) is 17.0 Å². The van der Waals surface area contributed by atoms with E-state index in [0.29, 0.717) is 23.1 Å². The van der Waals surface area contributed by atoms with Crippen molar-refractivity contribution in [3.05, 3.63) is 81.2 Å². The van der Waals surface area contributed by atoms with E-state index < -0.39 is 6.04 Å². The molecule has 2 heterocycles. The van der Waals surface area contributed by atoms with Gasteiger partial charge >= 0.3 is 0 Å². The van der Waals surface area contributed by atoms with E-state index >= 15 is 0 Å². The van der Waals surface area contributed by atoms with Crippen molar-refractivity contribution in [2.75, 3.05) is 26.2 Å². The summed E-state index contributed by atoms with van der Waals surface area (Å²) in [6.45, 7) is 9.38. The number of carbonyl (C=O) groups is 1. The highest BCUT2D eigenvalue weighted by molar-refractivity contribution is 5.99. The molecule has 150 valence electrons. The first kappa shape index (κ1) is 19.4. The Balaban J connectivity index is 1.85. The van der Waals surface area contributed by atoms with Crippen LogP contribution in [-0.4, -0.2) is 41.9 Å². The number of benzene rings is 2. The first-order valence-corrected chi connectivity index (χ1v) is 10.2. The molecule has 0 bridgehead atoms. The molecule has 3 aromatic rings. The standard InChI is InChI=1S/C24H26N2O3/c1-4-25(5-2)14-15-26-21(17-12-10-16(3)11-13-17)20-22(27)18-8-6-7-9-19(18)29-23(20)24(26)28/h6-13,21H,4-5,14-15H2,1-3H3/t21-/m0/s1. The van der Waals surface area contributed by atoms with Crippen LogP contribution >= 0.6 is 0 Å². The highest BCUT2D eigenvalue weighted by atomic mass is 16.3. The summed E-state index contributed by atoms with van der Waals surface area (Å²) < 4.78 is 5.96. The largest absolute Gasteiger partial charge is 0.450 e. The number of likely N-dealkylation sites (N-methyl/N-ethyl adjacent to an activating group) is 1. The Labute approximate surface area is 170 Å². The van der Waals surface area contributed by atoms with Crippen LogP contribution in [0, 0.1) is 6.92 Å². The van der Waals surface area contributed by atoms with Crippen molar-refractivity contribution >= 4 is 16.9 Å². The monoisotopic (exact) mass is 390 g/mol. The lowest BCUT2D eigenvalue weighted by atomic mass is 9.98. The second-order valence-electron chi connectivity index (χ2n) is 7.51. The van der Waals surface area contributed by atoms with E-state index in [1.54, 1.807) is 17.0 Å². The molecule has 29 heavy (non-hydrogen) atoms. The molecule has 1 amide bonds. The molecule has 0 fully saturated rings. The molecular formula is C24H26N2O3. The van der Waals surface area contributed by atoms with Crippen LogP contribution in [0.2, 0.25) is 0 Å². The van der Waals surface area contributed by atoms with Crippen LogP contribution in [0.25, 0.3) is 11.0 Å². The van der Waals surface area contributed by atoms with E-state index in [9.17, 15) is 9.59 Å². The number of amides is 1. The molecule has 0 unspecified atom stereocenters. The Bertz CT molecular complexity index is 1100. The van der Waals surface area contributed by atoms with E-state index in [4.69, 9.17) is 4.42 Å². The first-order valence-electron chi connectivity index (χ1n) is 10.2. The average molecular weight is 390 g/mol. The van der Waals surface area contributed by atoms with E-state index in [1.165, 1.54) is 0 Å². The van der Waals surface area contributed by atoms with Gasteiger partial charge in [-0.2, -0.15) is 0 Å². The summed E-state index contributed by atoms with van der Waals surface area (Å²) in [5.74, 6) is -0.0283. The topological polar surface area (TPSA) is 53.8 Å². The van der Waals surface area contributed by atoms with Crippen LogP contribution in [-0.2, 0) is 0 Å². The molecule has 5 heteroatoms. The van der Waals surface area contributed by atoms with Crippen molar-refractivity contribution in [1.29, 1.82) is 0 Å². The maximum Gasteiger partial charge on any atom is 0.290 e. The SMILES string of the molecule is CCN(CC)CCN1C(=O)c2oc3ccccc3c(=O)c2[C@@H]1c1ccc(C)cc1. The lowest BCUT2D eigenvalue weighted by molar-refractivity contribution is 0.0708. The summed E-state index contributed by atoms with van der Waals surface area (Å²) >= 11 is 0. The third-order valence-electron chi connectivity index (χ3n) is 5.82. The van der Waals surface area contributed by atoms with Crippen molar-refractivity contribution in [3.63, 3.8) is 0 Å². The lowest BCUT2D eigenvalue weighted by Crippen LogP contribution is -2.37. The number of hydrogen-bond acceptors (Lipinski definition) is 4. The van der Waals surface area contributed by atoms with Gasteiger partial charge in [-0.15, -0.1) is 0 Å². The minimum Gasteiger partial charge on any atom is -0.450 e. The van der Waals surface area contributed by atoms with Crippen molar-refractivity contribution in [2.45, 2.75) is 26.8 Å². The predicted molar refractivity (Wildman–Crippen MR) is 114 cm³/mol. The zero-order valence-electron chi connectivity index (χ0n) is 17.1. The summed E-state index contributed by atoms with van der Waals surface area (Å²) in [6, 6.07) is 14.7. The molecule has 0 spiro atoms. The molecule has 1 atom stereocenters. The molecule has 1 aromatic heterocycles. The fourth-order valence-electron chi connectivity index (χ4n) is 4.08. The second kappa shape index (κ2) is 7.84. The first-order chi connectivity index (χ1) is 14.0. The van der Waals surface area contributed by atoms with Crippen molar-refractivity contribution in [2.24, 2.45) is 0 Å². The predicted octanol–water partition coefficient (Wildman–Crippen LogP) is 3.99. The van der Waals surface area contributed by atoms with Gasteiger partial charge in [0.2, 0.25) is 5.76 Å². The maximum absolute atomic E-state index is 13.4. The summed E-state index contributed by atoms with van der Waals surface area (Å²) in [4.78, 5) is 30.7. The summed E-state index contributed by atoms with van der Waals surface area (Å²) in [7, 11) is 0. The average Bonchev–Trinajstić information content (AvgIpc) is 3.02. The number of para-hydroxylation sites is 1. The zero-order chi connectivity index (χ0) is 20.5. The molecule has 4 rings (SSSR count). The second-order valence-corrected chi connectivity index (χ2v) is 7.51. The summed E-state index contributed by atoms with van der Waals surface area (Å²) in [6.07, 6.45) is 0. The fourth-order valence-corrected chi connectivity index (χ4v) is 4.08. The van der Waals surface area contributed by atoms with Crippen LogP contribution in [0.3, 0.4) is 0 Å². The molecule has 2 aromatic carbocycles. The van der Waals surface area contributed by atoms with Gasteiger partial charge in [-0.05, 0) is 37.7 Å². The normalized spacial score (nSPS) is 16.1. The van der Waals surface area contributed by atoms with Crippen LogP contribution in [0.4, 0.5) is 0 Å². The number of aryl methyl sites for hydroxylation is 1. The quantitative estimate of drug-likeness (QED) is 0.639. The van der Waals surface area contributed by atoms with E-state index in [2.05, 4.69) is 18.7 Å². The highest BCUT2D eigenvalue weighted by Crippen LogP contribution is 2.38. The Hall–Kier alpha value is -2.92. The zero-order valence-corrected chi connectivity index (χ0v) is 17.1. The Morgan fingerprint density at radius 2 is 1.69 bits per heavy atom. The van der Waals surface area contributed by atoms with Gasteiger partial charge in [0.25, 0.3) is 5.91 Å². The minimum absolute atomic E-state index is 0.119. The Kier molecular flexibility index (Phi) is 5.24. The lowest BCUT2D eigenvalue weighted by Gasteiger charge is -2.28. The molecule has 1 aliphatic heterocycles. The number of hydrogen-bond donors (Lipinski definition) is 0. The molecular weight excluding hydrogens is 364 g/mol. The van der Waals surface area contributed by atoms with E-state index in [0.717, 1.165) is 30.8 Å². The van der Waals surface area contributed by atoms with Crippen LogP contribution in [0.15, 0.2) is 57.7 Å². The van der Waals surface area contributed by atoms with E-state index in [-0.39, 0.29) is 17.1 Å². The number of nitrogens with zero attached hydrogens (tertiary/aromatic N) is 2. The van der Waals surface area contributed by atoms with Crippen LogP contribution < -0.4 is 5.43 Å². The molecule has 0 saturated heterocycles. The molecule has 0 saturated carbocycles. The van der Waals surface area contributed by atoms with Gasteiger partial charge in [0.1, 0.15) is 5.58 Å². The van der Waals surface area contributed by atoms with Gasteiger partial charge in [0.15, 0.2) is 5.43 Å². The van der Waals surface area contributed by atoms with Crippen LogP contribution in [0.1, 0.15) is 47.1 Å². The molecule has 5 nitrogen and oxygen atoms in total. The number of fused-ring (bicyclic) bond motifs is 2. The summed E-state index contributed by atoms with van der Waals surface area (Å²) in [5, 5.41) is 0.516. The van der Waals surface area contributed by atoms with Crippen molar-refractivity contribution in [1.82, 2.24) is 9.80 Å².